The van der Waals surface area contributed by atoms with Crippen LogP contribution in [0.3, 0.4) is 0 Å². The molecule has 25 heavy (non-hydrogen) atoms. The van der Waals surface area contributed by atoms with Crippen LogP contribution in [-0.2, 0) is 6.54 Å². The van der Waals surface area contributed by atoms with E-state index in [1.165, 1.54) is 0 Å². The molecule has 0 radical (unpaired) electrons. The van der Waals surface area contributed by atoms with E-state index >= 15 is 0 Å². The van der Waals surface area contributed by atoms with Gasteiger partial charge in [-0.1, -0.05) is 12.1 Å². The van der Waals surface area contributed by atoms with Gasteiger partial charge in [-0.3, -0.25) is 4.79 Å². The molecule has 0 saturated carbocycles. The van der Waals surface area contributed by atoms with Crippen molar-refractivity contribution in [2.75, 3.05) is 7.11 Å². The summed E-state index contributed by atoms with van der Waals surface area (Å²) in [5, 5.41) is 4.02. The highest BCUT2D eigenvalue weighted by atomic mass is 16.5. The third kappa shape index (κ3) is 3.38. The van der Waals surface area contributed by atoms with Crippen molar-refractivity contribution in [3.63, 3.8) is 0 Å². The summed E-state index contributed by atoms with van der Waals surface area (Å²) in [6.45, 7) is 4.87. The summed E-state index contributed by atoms with van der Waals surface area (Å²) >= 11 is 0. The Morgan fingerprint density at radius 2 is 2.12 bits per heavy atom. The van der Waals surface area contributed by atoms with Crippen LogP contribution in [0.1, 0.15) is 28.7 Å². The lowest BCUT2D eigenvalue weighted by atomic mass is 10.2. The number of carbonyl (C=O) groups is 1. The number of nitrogens with zero attached hydrogens (tertiary/aromatic N) is 3. The number of methoxy groups -OCH3 is 1. The number of fused-ring (bicyclic) bond motifs is 1. The topological polar surface area (TPSA) is 68.5 Å². The maximum atomic E-state index is 12.3. The number of benzene rings is 2. The van der Waals surface area contributed by atoms with Gasteiger partial charge >= 0.3 is 0 Å². The quantitative estimate of drug-likeness (QED) is 0.575. The second-order valence-corrected chi connectivity index (χ2v) is 5.55. The zero-order valence-electron chi connectivity index (χ0n) is 14.5. The molecule has 0 unspecified atom stereocenters. The summed E-state index contributed by atoms with van der Waals surface area (Å²) in [6, 6.07) is 12.9. The van der Waals surface area contributed by atoms with E-state index in [1.54, 1.807) is 25.5 Å². The molecule has 0 fully saturated rings. The monoisotopic (exact) mass is 336 g/mol. The van der Waals surface area contributed by atoms with Crippen molar-refractivity contribution in [2.24, 2.45) is 5.10 Å². The lowest BCUT2D eigenvalue weighted by molar-refractivity contribution is 0.0955. The van der Waals surface area contributed by atoms with Crippen LogP contribution in [0.5, 0.6) is 5.75 Å². The number of nitrogens with one attached hydrogen (secondary N) is 1. The minimum absolute atomic E-state index is 0.281. The third-order valence-corrected chi connectivity index (χ3v) is 4.03. The molecule has 0 aliphatic rings. The lowest BCUT2D eigenvalue weighted by Crippen LogP contribution is -2.17. The standard InChI is InChI=1S/C19H20N4O2/c1-4-23-13(2)21-16-11-14(9-10-17(16)23)19(24)22-20-12-15-7-5-6-8-18(15)25-3/h5-12H,4H2,1-3H3,(H,22,24)/b20-12+. The first kappa shape index (κ1) is 16.7. The van der Waals surface area contributed by atoms with E-state index in [0.717, 1.165) is 29.0 Å². The molecular weight excluding hydrogens is 316 g/mol. The van der Waals surface area contributed by atoms with Gasteiger partial charge in [-0.25, -0.2) is 10.4 Å². The summed E-state index contributed by atoms with van der Waals surface area (Å²) in [5.41, 5.74) is 5.68. The average molecular weight is 336 g/mol. The van der Waals surface area contributed by atoms with Crippen molar-refractivity contribution in [1.82, 2.24) is 15.0 Å². The summed E-state index contributed by atoms with van der Waals surface area (Å²) in [7, 11) is 1.60. The van der Waals surface area contributed by atoms with E-state index in [4.69, 9.17) is 4.74 Å². The van der Waals surface area contributed by atoms with E-state index in [2.05, 4.69) is 27.0 Å². The number of hydrazone groups is 1. The molecule has 3 aromatic rings. The Kier molecular flexibility index (Phi) is 4.79. The fraction of sp³-hybridized carbons (Fsp3) is 0.211. The molecule has 0 aliphatic heterocycles. The van der Waals surface area contributed by atoms with Gasteiger partial charge in [0, 0.05) is 17.7 Å². The summed E-state index contributed by atoms with van der Waals surface area (Å²) in [5.74, 6) is 1.35. The predicted molar refractivity (Wildman–Crippen MR) is 98.2 cm³/mol. The van der Waals surface area contributed by atoms with Gasteiger partial charge in [0.25, 0.3) is 5.91 Å². The van der Waals surface area contributed by atoms with Gasteiger partial charge in [0.05, 0.1) is 24.4 Å². The summed E-state index contributed by atoms with van der Waals surface area (Å²) < 4.78 is 7.35. The first-order valence-electron chi connectivity index (χ1n) is 8.07. The second kappa shape index (κ2) is 7.17. The maximum absolute atomic E-state index is 12.3. The fourth-order valence-electron chi connectivity index (χ4n) is 2.79. The van der Waals surface area contributed by atoms with Crippen molar-refractivity contribution in [3.8, 4) is 5.75 Å². The molecule has 0 aliphatic carbocycles. The average Bonchev–Trinajstić information content (AvgIpc) is 2.96. The van der Waals surface area contributed by atoms with Crippen LogP contribution in [0.4, 0.5) is 0 Å². The highest BCUT2D eigenvalue weighted by Gasteiger charge is 2.10. The Hall–Kier alpha value is -3.15. The van der Waals surface area contributed by atoms with Crippen LogP contribution >= 0.6 is 0 Å². The fourth-order valence-corrected chi connectivity index (χ4v) is 2.79. The Balaban J connectivity index is 1.77. The largest absolute Gasteiger partial charge is 0.496 e. The molecule has 0 bridgehead atoms. The normalized spacial score (nSPS) is 11.2. The molecule has 0 saturated heterocycles. The molecule has 1 N–H and O–H groups in total. The number of carbonyl (C=O) groups excluding carboxylic acids is 1. The van der Waals surface area contributed by atoms with Crippen LogP contribution in [0.25, 0.3) is 11.0 Å². The van der Waals surface area contributed by atoms with Gasteiger partial charge in [0.1, 0.15) is 11.6 Å². The first-order chi connectivity index (χ1) is 12.1. The Morgan fingerprint density at radius 1 is 1.32 bits per heavy atom. The molecular formula is C19H20N4O2. The van der Waals surface area contributed by atoms with Crippen LogP contribution in [0, 0.1) is 6.92 Å². The number of hydrogen-bond acceptors (Lipinski definition) is 4. The van der Waals surface area contributed by atoms with E-state index in [0.29, 0.717) is 11.3 Å². The van der Waals surface area contributed by atoms with Gasteiger partial charge in [-0.05, 0) is 44.2 Å². The van der Waals surface area contributed by atoms with Crippen LogP contribution in [0.2, 0.25) is 0 Å². The Labute approximate surface area is 146 Å². The molecule has 0 atom stereocenters. The Bertz CT molecular complexity index is 944. The molecule has 2 aromatic carbocycles. The SMILES string of the molecule is CCn1c(C)nc2cc(C(=O)N/N=C/c3ccccc3OC)ccc21. The predicted octanol–water partition coefficient (Wildman–Crippen LogP) is 3.14. The Morgan fingerprint density at radius 3 is 2.88 bits per heavy atom. The van der Waals surface area contributed by atoms with Gasteiger partial charge in [0.2, 0.25) is 0 Å². The highest BCUT2D eigenvalue weighted by molar-refractivity contribution is 5.98. The zero-order valence-corrected chi connectivity index (χ0v) is 14.5. The van der Waals surface area contributed by atoms with Gasteiger partial charge < -0.3 is 9.30 Å². The lowest BCUT2D eigenvalue weighted by Gasteiger charge is -2.04. The number of imidazole rings is 1. The van der Waals surface area contributed by atoms with E-state index in [1.807, 2.05) is 37.3 Å². The molecule has 1 heterocycles. The number of para-hydroxylation sites is 1. The summed E-state index contributed by atoms with van der Waals surface area (Å²) in [4.78, 5) is 16.8. The first-order valence-corrected chi connectivity index (χ1v) is 8.07. The van der Waals surface area contributed by atoms with Gasteiger partial charge in [-0.15, -0.1) is 0 Å². The minimum atomic E-state index is -0.281. The molecule has 1 amide bonds. The molecule has 3 rings (SSSR count). The van der Waals surface area contributed by atoms with Gasteiger partial charge in [0.15, 0.2) is 0 Å². The highest BCUT2D eigenvalue weighted by Crippen LogP contribution is 2.18. The smallest absolute Gasteiger partial charge is 0.271 e. The second-order valence-electron chi connectivity index (χ2n) is 5.55. The minimum Gasteiger partial charge on any atom is -0.496 e. The van der Waals surface area contributed by atoms with Crippen molar-refractivity contribution in [1.29, 1.82) is 0 Å². The van der Waals surface area contributed by atoms with Gasteiger partial charge in [-0.2, -0.15) is 5.10 Å². The molecule has 0 spiro atoms. The maximum Gasteiger partial charge on any atom is 0.271 e. The molecule has 1 aromatic heterocycles. The number of amides is 1. The molecule has 6 nitrogen and oxygen atoms in total. The van der Waals surface area contributed by atoms with Crippen LogP contribution < -0.4 is 10.2 Å². The van der Waals surface area contributed by atoms with Crippen molar-refractivity contribution in [2.45, 2.75) is 20.4 Å². The van der Waals surface area contributed by atoms with E-state index in [-0.39, 0.29) is 5.91 Å². The van der Waals surface area contributed by atoms with Crippen molar-refractivity contribution in [3.05, 3.63) is 59.4 Å². The number of hydrogen-bond donors (Lipinski definition) is 1. The summed E-state index contributed by atoms with van der Waals surface area (Å²) in [6.07, 6.45) is 1.56. The van der Waals surface area contributed by atoms with E-state index in [9.17, 15) is 4.79 Å². The number of ether oxygens (including phenoxy) is 1. The number of aromatic nitrogens is 2. The molecule has 6 heteroatoms. The van der Waals surface area contributed by atoms with Crippen LogP contribution in [-0.4, -0.2) is 28.8 Å². The van der Waals surface area contributed by atoms with Crippen molar-refractivity contribution >= 4 is 23.2 Å². The van der Waals surface area contributed by atoms with Crippen LogP contribution in [0.15, 0.2) is 47.6 Å². The number of aryl methyl sites for hydroxylation is 2. The third-order valence-electron chi connectivity index (χ3n) is 4.03. The van der Waals surface area contributed by atoms with Crippen molar-refractivity contribution < 1.29 is 9.53 Å². The molecule has 128 valence electrons. The zero-order chi connectivity index (χ0) is 17.8. The number of rotatable bonds is 5. The van der Waals surface area contributed by atoms with E-state index < -0.39 is 0 Å².